The van der Waals surface area contributed by atoms with Gasteiger partial charge in [-0.1, -0.05) is 12.1 Å². The fourth-order valence-electron chi connectivity index (χ4n) is 3.51. The summed E-state index contributed by atoms with van der Waals surface area (Å²) >= 11 is 0. The quantitative estimate of drug-likeness (QED) is 0.689. The van der Waals surface area contributed by atoms with Gasteiger partial charge < -0.3 is 23.8 Å². The average Bonchev–Trinajstić information content (AvgIpc) is 3.07. The Morgan fingerprint density at radius 2 is 1.90 bits per heavy atom. The van der Waals surface area contributed by atoms with E-state index in [4.69, 9.17) is 18.9 Å². The highest BCUT2D eigenvalue weighted by Gasteiger charge is 2.46. The van der Waals surface area contributed by atoms with Crippen molar-refractivity contribution in [1.82, 2.24) is 4.90 Å². The lowest BCUT2D eigenvalue weighted by molar-refractivity contribution is -0.220. The number of amides is 1. The van der Waals surface area contributed by atoms with Crippen molar-refractivity contribution in [3.8, 4) is 5.75 Å². The van der Waals surface area contributed by atoms with Crippen molar-refractivity contribution in [2.75, 3.05) is 33.4 Å². The molecule has 0 aromatic heterocycles. The van der Waals surface area contributed by atoms with Crippen LogP contribution in [0.25, 0.3) is 0 Å². The summed E-state index contributed by atoms with van der Waals surface area (Å²) in [6.45, 7) is -0.485. The first-order valence-electron chi connectivity index (χ1n) is 9.59. The third kappa shape index (κ3) is 5.63. The second kappa shape index (κ2) is 9.22. The zero-order valence-electron chi connectivity index (χ0n) is 16.6. The summed E-state index contributed by atoms with van der Waals surface area (Å²) in [5, 5.41) is 0. The third-order valence-electron chi connectivity index (χ3n) is 5.30. The Labute approximate surface area is 172 Å². The van der Waals surface area contributed by atoms with Gasteiger partial charge in [-0.05, 0) is 30.5 Å². The van der Waals surface area contributed by atoms with Gasteiger partial charge in [-0.3, -0.25) is 4.79 Å². The number of alkyl halides is 3. The Morgan fingerprint density at radius 1 is 1.23 bits per heavy atom. The lowest BCUT2D eigenvalue weighted by atomic mass is 9.88. The number of methoxy groups -OCH3 is 1. The molecule has 10 heteroatoms. The second-order valence-corrected chi connectivity index (χ2v) is 7.45. The van der Waals surface area contributed by atoms with Gasteiger partial charge in [0.2, 0.25) is 6.10 Å². The monoisotopic (exact) mass is 431 g/mol. The molecule has 2 heterocycles. The van der Waals surface area contributed by atoms with Crippen LogP contribution in [0.2, 0.25) is 0 Å². The zero-order chi connectivity index (χ0) is 21.8. The first-order chi connectivity index (χ1) is 14.2. The molecule has 1 atom stereocenters. The van der Waals surface area contributed by atoms with Gasteiger partial charge in [0, 0.05) is 19.5 Å². The van der Waals surface area contributed by atoms with E-state index in [9.17, 15) is 22.8 Å². The van der Waals surface area contributed by atoms with Crippen LogP contribution in [0.4, 0.5) is 18.0 Å². The number of hydrogen-bond donors (Lipinski definition) is 0. The molecule has 0 radical (unpaired) electrons. The fraction of sp³-hybridized carbons (Fsp3) is 0.600. The maximum absolute atomic E-state index is 13.3. The van der Waals surface area contributed by atoms with Gasteiger partial charge in [0.1, 0.15) is 12.4 Å². The van der Waals surface area contributed by atoms with Crippen molar-refractivity contribution in [2.45, 2.75) is 43.8 Å². The van der Waals surface area contributed by atoms with Crippen LogP contribution in [0.15, 0.2) is 24.3 Å². The van der Waals surface area contributed by atoms with E-state index in [0.29, 0.717) is 24.2 Å². The zero-order valence-corrected chi connectivity index (χ0v) is 16.6. The van der Waals surface area contributed by atoms with Crippen LogP contribution in [0.3, 0.4) is 0 Å². The van der Waals surface area contributed by atoms with Crippen molar-refractivity contribution in [1.29, 1.82) is 0 Å². The Bertz CT molecular complexity index is 744. The first-order valence-corrected chi connectivity index (χ1v) is 9.59. The Morgan fingerprint density at radius 3 is 2.43 bits per heavy atom. The second-order valence-electron chi connectivity index (χ2n) is 7.45. The molecular weight excluding hydrogens is 407 g/mol. The number of ketones is 1. The van der Waals surface area contributed by atoms with E-state index in [1.807, 2.05) is 0 Å². The van der Waals surface area contributed by atoms with Gasteiger partial charge in [0.15, 0.2) is 5.78 Å². The Balaban J connectivity index is 1.49. The summed E-state index contributed by atoms with van der Waals surface area (Å²) in [6, 6.07) is 6.69. The molecule has 1 spiro atoms. The number of likely N-dealkylation sites (tertiary alicyclic amines) is 1. The number of Topliss-reactive ketones (excluding diaryl/α,β-unsaturated/α-hetero) is 1. The topological polar surface area (TPSA) is 74.3 Å². The molecule has 0 aliphatic carbocycles. The number of nitrogens with zero attached hydrogens (tertiary/aromatic N) is 1. The average molecular weight is 431 g/mol. The predicted molar refractivity (Wildman–Crippen MR) is 98.1 cm³/mol. The normalized spacial score (nSPS) is 19.7. The molecule has 1 unspecified atom stereocenters. The van der Waals surface area contributed by atoms with Gasteiger partial charge in [0.05, 0.1) is 25.9 Å². The Kier molecular flexibility index (Phi) is 6.87. The summed E-state index contributed by atoms with van der Waals surface area (Å²) in [5.74, 6) is 0.619. The molecule has 3 rings (SSSR count). The summed E-state index contributed by atoms with van der Waals surface area (Å²) < 4.78 is 60.3. The molecule has 166 valence electrons. The van der Waals surface area contributed by atoms with E-state index < -0.39 is 30.6 Å². The third-order valence-corrected chi connectivity index (χ3v) is 5.30. The first kappa shape index (κ1) is 22.4. The van der Waals surface area contributed by atoms with Crippen LogP contribution in [-0.2, 0) is 25.6 Å². The van der Waals surface area contributed by atoms with E-state index in [0.717, 1.165) is 0 Å². The van der Waals surface area contributed by atoms with E-state index >= 15 is 0 Å². The minimum absolute atomic E-state index is 0.00262. The summed E-state index contributed by atoms with van der Waals surface area (Å²) in [7, 11) is 1.51. The molecule has 1 amide bonds. The number of carbonyl (C=O) groups is 2. The molecule has 30 heavy (non-hydrogen) atoms. The predicted octanol–water partition coefficient (Wildman–Crippen LogP) is 3.10. The van der Waals surface area contributed by atoms with Crippen molar-refractivity contribution in [2.24, 2.45) is 0 Å². The smallest absolute Gasteiger partial charge is 0.427 e. The van der Waals surface area contributed by atoms with Gasteiger partial charge in [-0.25, -0.2) is 4.79 Å². The van der Waals surface area contributed by atoms with Gasteiger partial charge >= 0.3 is 12.3 Å². The van der Waals surface area contributed by atoms with Crippen molar-refractivity contribution in [3.05, 3.63) is 29.8 Å². The van der Waals surface area contributed by atoms with Crippen LogP contribution in [-0.4, -0.2) is 68.1 Å². The number of carbonyl (C=O) groups excluding carboxylic acids is 2. The largest absolute Gasteiger partial charge is 0.497 e. The number of rotatable bonds is 6. The molecule has 1 aromatic rings. The Hall–Kier alpha value is -2.33. The van der Waals surface area contributed by atoms with E-state index in [-0.39, 0.29) is 38.5 Å². The van der Waals surface area contributed by atoms with Crippen LogP contribution in [0.5, 0.6) is 5.75 Å². The standard InChI is InChI=1S/C20H24F3NO6/c1-27-16-4-2-14(3-5-16)11-28-13-17(20(21,22)23)30-18(26)24-8-6-19(7-9-24)10-15(25)12-29-19/h2-5,17H,6-13H2,1H3. The van der Waals surface area contributed by atoms with Crippen LogP contribution >= 0.6 is 0 Å². The maximum atomic E-state index is 13.3. The van der Waals surface area contributed by atoms with Gasteiger partial charge in [-0.15, -0.1) is 0 Å². The van der Waals surface area contributed by atoms with Crippen LogP contribution < -0.4 is 4.74 Å². The summed E-state index contributed by atoms with van der Waals surface area (Å²) in [6.07, 6.45) is -7.13. The van der Waals surface area contributed by atoms with Gasteiger partial charge in [-0.2, -0.15) is 13.2 Å². The number of ether oxygens (including phenoxy) is 4. The molecule has 0 bridgehead atoms. The number of hydrogen-bond acceptors (Lipinski definition) is 6. The molecule has 2 saturated heterocycles. The molecule has 0 N–H and O–H groups in total. The number of halogens is 3. The molecule has 1 aromatic carbocycles. The number of benzene rings is 1. The van der Waals surface area contributed by atoms with Crippen LogP contribution in [0.1, 0.15) is 24.8 Å². The fourth-order valence-corrected chi connectivity index (χ4v) is 3.51. The minimum Gasteiger partial charge on any atom is -0.497 e. The van der Waals surface area contributed by atoms with Crippen molar-refractivity contribution < 1.29 is 41.7 Å². The summed E-state index contributed by atoms with van der Waals surface area (Å²) in [4.78, 5) is 24.9. The molecule has 0 saturated carbocycles. The molecular formula is C20H24F3NO6. The maximum Gasteiger partial charge on any atom is 0.427 e. The molecule has 2 aliphatic rings. The van der Waals surface area contributed by atoms with Crippen LogP contribution in [0, 0.1) is 0 Å². The summed E-state index contributed by atoms with van der Waals surface area (Å²) in [5.41, 5.74) is 0.0640. The lowest BCUT2D eigenvalue weighted by Gasteiger charge is -2.38. The highest BCUT2D eigenvalue weighted by Crippen LogP contribution is 2.34. The van der Waals surface area contributed by atoms with E-state index in [1.165, 1.54) is 12.0 Å². The van der Waals surface area contributed by atoms with E-state index in [2.05, 4.69) is 0 Å². The molecule has 7 nitrogen and oxygen atoms in total. The molecule has 2 fully saturated rings. The highest BCUT2D eigenvalue weighted by molar-refractivity contribution is 5.82. The lowest BCUT2D eigenvalue weighted by Crippen LogP contribution is -2.49. The number of piperidine rings is 1. The van der Waals surface area contributed by atoms with Crippen molar-refractivity contribution >= 4 is 11.9 Å². The van der Waals surface area contributed by atoms with Gasteiger partial charge in [0.25, 0.3) is 0 Å². The van der Waals surface area contributed by atoms with E-state index in [1.54, 1.807) is 24.3 Å². The minimum atomic E-state index is -4.76. The van der Waals surface area contributed by atoms with Crippen molar-refractivity contribution in [3.63, 3.8) is 0 Å². The highest BCUT2D eigenvalue weighted by atomic mass is 19.4. The SMILES string of the molecule is COc1ccc(COCC(OC(=O)N2CCC3(CC2)CC(=O)CO3)C(F)(F)F)cc1. The molecule has 2 aliphatic heterocycles.